The van der Waals surface area contributed by atoms with Gasteiger partial charge in [0.25, 0.3) is 5.95 Å². The minimum atomic E-state index is -0.442. The van der Waals surface area contributed by atoms with Crippen molar-refractivity contribution in [3.63, 3.8) is 0 Å². The molecule has 0 amide bonds. The molecule has 0 bridgehead atoms. The van der Waals surface area contributed by atoms with Crippen LogP contribution in [0.1, 0.15) is 36.0 Å². The van der Waals surface area contributed by atoms with Gasteiger partial charge in [0.15, 0.2) is 0 Å². The molecule has 1 saturated heterocycles. The summed E-state index contributed by atoms with van der Waals surface area (Å²) in [7, 11) is 0. The van der Waals surface area contributed by atoms with Gasteiger partial charge in [0.1, 0.15) is 0 Å². The molecule has 8 nitrogen and oxygen atoms in total. The van der Waals surface area contributed by atoms with Crippen molar-refractivity contribution in [2.24, 2.45) is 0 Å². The van der Waals surface area contributed by atoms with Gasteiger partial charge in [-0.25, -0.2) is 0 Å². The molecule has 0 unspecified atom stereocenters. The maximum Gasteiger partial charge on any atom is 0.266 e. The van der Waals surface area contributed by atoms with E-state index in [2.05, 4.69) is 31.3 Å². The molecule has 0 spiro atoms. The van der Waals surface area contributed by atoms with E-state index in [-0.39, 0.29) is 0 Å². The maximum atomic E-state index is 10.3. The fourth-order valence-electron chi connectivity index (χ4n) is 3.09. The van der Waals surface area contributed by atoms with Crippen molar-refractivity contribution in [2.45, 2.75) is 38.3 Å². The van der Waals surface area contributed by atoms with Gasteiger partial charge in [0.2, 0.25) is 5.89 Å². The summed E-state index contributed by atoms with van der Waals surface area (Å²) in [4.78, 5) is 8.47. The van der Waals surface area contributed by atoms with E-state index in [0.717, 1.165) is 25.3 Å². The van der Waals surface area contributed by atoms with Crippen LogP contribution in [0.15, 0.2) is 10.6 Å². The van der Waals surface area contributed by atoms with Crippen LogP contribution in [-0.4, -0.2) is 62.6 Å². The zero-order valence-electron chi connectivity index (χ0n) is 13.3. The predicted octanol–water partition coefficient (Wildman–Crippen LogP) is 0.662. The highest BCUT2D eigenvalue weighted by Crippen LogP contribution is 2.39. The lowest BCUT2D eigenvalue weighted by molar-refractivity contribution is 0.128. The quantitative estimate of drug-likeness (QED) is 0.855. The number of β-amino-alcohol motifs (C(OH)–C–C–N with tert-alkyl or cyclic N) is 1. The van der Waals surface area contributed by atoms with E-state index in [1.807, 2.05) is 4.90 Å². The van der Waals surface area contributed by atoms with Gasteiger partial charge >= 0.3 is 0 Å². The number of aromatic nitrogens is 4. The van der Waals surface area contributed by atoms with Crippen LogP contribution < -0.4 is 4.90 Å². The first-order valence-corrected chi connectivity index (χ1v) is 8.17. The predicted molar refractivity (Wildman–Crippen MR) is 83.1 cm³/mol. The molecule has 4 rings (SSSR count). The fraction of sp³-hybridized carbons (Fsp3) is 0.667. The van der Waals surface area contributed by atoms with Crippen LogP contribution >= 0.6 is 0 Å². The molecule has 2 aromatic heterocycles. The number of hydrogen-bond acceptors (Lipinski definition) is 7. The lowest BCUT2D eigenvalue weighted by atomic mass is 10.2. The maximum absolute atomic E-state index is 10.3. The number of nitrogens with zero attached hydrogens (tertiary/aromatic N) is 5. The molecule has 2 fully saturated rings. The van der Waals surface area contributed by atoms with Crippen molar-refractivity contribution in [3.05, 3.63) is 23.3 Å². The number of nitrogens with one attached hydrogen (secondary N) is 1. The number of aryl methyl sites for hydroxylation is 1. The summed E-state index contributed by atoms with van der Waals surface area (Å²) in [6.45, 7) is 5.29. The van der Waals surface area contributed by atoms with Crippen LogP contribution in [-0.2, 0) is 6.54 Å². The molecule has 1 saturated carbocycles. The van der Waals surface area contributed by atoms with E-state index in [0.29, 0.717) is 30.8 Å². The molecule has 1 aliphatic heterocycles. The highest BCUT2D eigenvalue weighted by molar-refractivity contribution is 5.28. The third-order valence-corrected chi connectivity index (χ3v) is 4.43. The smallest absolute Gasteiger partial charge is 0.266 e. The second kappa shape index (κ2) is 5.93. The highest BCUT2D eigenvalue weighted by Gasteiger charge is 2.27. The average Bonchev–Trinajstić information content (AvgIpc) is 3.17. The Balaban J connectivity index is 1.39. The monoisotopic (exact) mass is 318 g/mol. The molecule has 8 heteroatoms. The summed E-state index contributed by atoms with van der Waals surface area (Å²) in [5.74, 6) is 1.76. The molecule has 1 atom stereocenters. The van der Waals surface area contributed by atoms with Crippen LogP contribution in [0, 0.1) is 6.92 Å². The molecular weight excluding hydrogens is 296 g/mol. The largest absolute Gasteiger partial charge is 0.390 e. The SMILES string of the molecule is Cc1nc(N2CCN(Cc3cc(C4CC4)n[nH]3)C[C@@H](O)C2)no1. The zero-order valence-corrected chi connectivity index (χ0v) is 13.3. The number of anilines is 1. The third-order valence-electron chi connectivity index (χ3n) is 4.43. The van der Waals surface area contributed by atoms with Crippen molar-refractivity contribution in [2.75, 3.05) is 31.1 Å². The van der Waals surface area contributed by atoms with Gasteiger partial charge in [-0.1, -0.05) is 0 Å². The van der Waals surface area contributed by atoms with Gasteiger partial charge in [0.05, 0.1) is 11.8 Å². The molecule has 23 heavy (non-hydrogen) atoms. The number of aliphatic hydroxyl groups is 1. The van der Waals surface area contributed by atoms with Crippen LogP contribution in [0.4, 0.5) is 5.95 Å². The van der Waals surface area contributed by atoms with E-state index < -0.39 is 6.10 Å². The van der Waals surface area contributed by atoms with E-state index >= 15 is 0 Å². The first kappa shape index (κ1) is 14.6. The zero-order chi connectivity index (χ0) is 15.8. The van der Waals surface area contributed by atoms with Gasteiger partial charge in [-0.15, -0.1) is 0 Å². The molecular formula is C15H22N6O2. The topological polar surface area (TPSA) is 94.3 Å². The summed E-state index contributed by atoms with van der Waals surface area (Å²) in [6, 6.07) is 2.16. The van der Waals surface area contributed by atoms with Crippen molar-refractivity contribution >= 4 is 5.95 Å². The molecule has 2 aromatic rings. The first-order valence-electron chi connectivity index (χ1n) is 8.17. The van der Waals surface area contributed by atoms with Gasteiger partial charge in [-0.05, 0) is 24.1 Å². The normalized spacial score (nSPS) is 23.2. The summed E-state index contributed by atoms with van der Waals surface area (Å²) >= 11 is 0. The molecule has 124 valence electrons. The molecule has 1 aliphatic carbocycles. The Morgan fingerprint density at radius 2 is 2.22 bits per heavy atom. The van der Waals surface area contributed by atoms with E-state index in [4.69, 9.17) is 4.52 Å². The Hall–Kier alpha value is -1.93. The average molecular weight is 318 g/mol. The molecule has 2 aliphatic rings. The van der Waals surface area contributed by atoms with Crippen LogP contribution in [0.3, 0.4) is 0 Å². The standard InChI is InChI=1S/C15H22N6O2/c1-10-16-15(19-23-10)21-5-4-20(8-13(22)9-21)7-12-6-14(18-17-12)11-2-3-11/h6,11,13,22H,2-5,7-9H2,1H3,(H,17,18)/t13-/m1/s1. The van der Waals surface area contributed by atoms with Gasteiger partial charge in [-0.3, -0.25) is 10.00 Å². The Morgan fingerprint density at radius 3 is 2.96 bits per heavy atom. The summed E-state index contributed by atoms with van der Waals surface area (Å²) in [5, 5.41) is 21.8. The summed E-state index contributed by atoms with van der Waals surface area (Å²) < 4.78 is 5.04. The van der Waals surface area contributed by atoms with Crippen LogP contribution in [0.5, 0.6) is 0 Å². The lowest BCUT2D eigenvalue weighted by Crippen LogP contribution is -2.33. The third kappa shape index (κ3) is 3.37. The minimum absolute atomic E-state index is 0.442. The lowest BCUT2D eigenvalue weighted by Gasteiger charge is -2.19. The van der Waals surface area contributed by atoms with Gasteiger partial charge in [-0.2, -0.15) is 10.1 Å². The van der Waals surface area contributed by atoms with Gasteiger partial charge in [0, 0.05) is 51.3 Å². The summed E-state index contributed by atoms with van der Waals surface area (Å²) in [6.07, 6.45) is 2.07. The Labute approximate surface area is 134 Å². The number of hydrogen-bond donors (Lipinski definition) is 2. The number of aliphatic hydroxyl groups excluding tert-OH is 1. The van der Waals surface area contributed by atoms with E-state index in [9.17, 15) is 5.11 Å². The molecule has 0 radical (unpaired) electrons. The molecule has 3 heterocycles. The second-order valence-corrected chi connectivity index (χ2v) is 6.54. The van der Waals surface area contributed by atoms with E-state index in [1.165, 1.54) is 18.5 Å². The molecule has 0 aromatic carbocycles. The summed E-state index contributed by atoms with van der Waals surface area (Å²) in [5.41, 5.74) is 2.29. The Bertz CT molecular complexity index is 664. The van der Waals surface area contributed by atoms with Gasteiger partial charge < -0.3 is 14.5 Å². The van der Waals surface area contributed by atoms with Crippen LogP contribution in [0.2, 0.25) is 0 Å². The fourth-order valence-corrected chi connectivity index (χ4v) is 3.09. The van der Waals surface area contributed by atoms with Crippen molar-refractivity contribution in [1.29, 1.82) is 0 Å². The minimum Gasteiger partial charge on any atom is -0.390 e. The van der Waals surface area contributed by atoms with Crippen molar-refractivity contribution in [3.8, 4) is 0 Å². The Morgan fingerprint density at radius 1 is 1.35 bits per heavy atom. The highest BCUT2D eigenvalue weighted by atomic mass is 16.5. The number of rotatable bonds is 4. The van der Waals surface area contributed by atoms with E-state index in [1.54, 1.807) is 6.92 Å². The Kier molecular flexibility index (Phi) is 3.78. The van der Waals surface area contributed by atoms with Crippen molar-refractivity contribution < 1.29 is 9.63 Å². The second-order valence-electron chi connectivity index (χ2n) is 6.54. The van der Waals surface area contributed by atoms with Crippen LogP contribution in [0.25, 0.3) is 0 Å². The van der Waals surface area contributed by atoms with Crippen molar-refractivity contribution in [1.82, 2.24) is 25.2 Å². The first-order chi connectivity index (χ1) is 11.2. The number of H-pyrrole nitrogens is 1. The molecule has 2 N–H and O–H groups in total. The number of aromatic amines is 1.